The van der Waals surface area contributed by atoms with Gasteiger partial charge in [-0.05, 0) is 51.7 Å². The Balaban J connectivity index is 1.22. The van der Waals surface area contributed by atoms with Gasteiger partial charge in [0.1, 0.15) is 5.69 Å². The van der Waals surface area contributed by atoms with Crippen molar-refractivity contribution in [3.63, 3.8) is 0 Å². The molecule has 2 fully saturated rings. The maximum absolute atomic E-state index is 13.7. The number of nitrogens with zero attached hydrogens (tertiary/aromatic N) is 9. The van der Waals surface area contributed by atoms with Crippen LogP contribution in [0.2, 0.25) is 0 Å². The molecule has 0 spiro atoms. The number of carbonyl (C=O) groups is 1. The average molecular weight is 598 g/mol. The van der Waals surface area contributed by atoms with Crippen LogP contribution in [0.3, 0.4) is 0 Å². The minimum atomic E-state index is -0.303. The largest absolute Gasteiger partial charge is 0.368 e. The fourth-order valence-corrected chi connectivity index (χ4v) is 6.00. The summed E-state index contributed by atoms with van der Waals surface area (Å²) in [7, 11) is 6.23. The van der Waals surface area contributed by atoms with E-state index in [1.54, 1.807) is 12.4 Å². The molecule has 12 nitrogen and oxygen atoms in total. The smallest absolute Gasteiger partial charge is 0.288 e. The summed E-state index contributed by atoms with van der Waals surface area (Å²) < 4.78 is 1.98. The minimum Gasteiger partial charge on any atom is -0.368 e. The molecule has 6 rings (SSSR count). The molecule has 3 N–H and O–H groups in total. The van der Waals surface area contributed by atoms with Crippen molar-refractivity contribution in [3.8, 4) is 11.3 Å². The molecule has 3 aromatic heterocycles. The molecule has 0 radical (unpaired) electrons. The van der Waals surface area contributed by atoms with Crippen LogP contribution < -0.4 is 16.2 Å². The van der Waals surface area contributed by atoms with Crippen molar-refractivity contribution in [2.24, 2.45) is 0 Å². The zero-order valence-electron chi connectivity index (χ0n) is 26.0. The van der Waals surface area contributed by atoms with Crippen LogP contribution in [-0.2, 0) is 13.1 Å². The van der Waals surface area contributed by atoms with E-state index in [1.807, 2.05) is 35.8 Å². The molecule has 1 aliphatic carbocycles. The highest BCUT2D eigenvalue weighted by molar-refractivity contribution is 5.95. The lowest BCUT2D eigenvalue weighted by molar-refractivity contribution is 0.0939. The number of hydrogen-bond donors (Lipinski definition) is 2. The van der Waals surface area contributed by atoms with E-state index in [0.717, 1.165) is 76.2 Å². The number of piperazine rings is 1. The van der Waals surface area contributed by atoms with Gasteiger partial charge in [0.2, 0.25) is 5.95 Å². The number of rotatable bonds is 10. The Labute approximate surface area is 258 Å². The first kappa shape index (κ1) is 29.9. The number of amides is 1. The highest BCUT2D eigenvalue weighted by atomic mass is 16.2. The Morgan fingerprint density at radius 3 is 2.48 bits per heavy atom. The summed E-state index contributed by atoms with van der Waals surface area (Å²) in [6, 6.07) is 14.1. The standard InChI is InChI=1S/C32H43N11O/c1-39(2)15-20-42-22-34-28-29(42)36-32(33)37-30(28)43(25-7-4-5-8-25)38-31(44)27-10-6-9-26(35-27)24-13-11-23(12-14-24)21-41-18-16-40(3)17-19-41/h6,9-14,22,25H,4-5,7-8,15-21H2,1-3H3,(H,38,44)(H2,33,36,37). The molecular formula is C32H43N11O. The van der Waals surface area contributed by atoms with Gasteiger partial charge in [0, 0.05) is 51.4 Å². The van der Waals surface area contributed by atoms with Crippen molar-refractivity contribution in [2.75, 3.05) is 64.6 Å². The second-order valence-corrected chi connectivity index (χ2v) is 12.3. The molecule has 0 unspecified atom stereocenters. The SMILES string of the molecule is CN(C)CCn1cnc2c(N(NC(=O)c3cccc(-c4ccc(CN5CCN(C)CC5)cc4)n3)C3CCCC3)nc(N)nc21. The summed E-state index contributed by atoms with van der Waals surface area (Å²) in [5.74, 6) is 0.360. The minimum absolute atomic E-state index is 0.0689. The number of nitrogens with one attached hydrogen (secondary N) is 1. The number of hydrogen-bond acceptors (Lipinski definition) is 10. The van der Waals surface area contributed by atoms with E-state index in [-0.39, 0.29) is 17.9 Å². The van der Waals surface area contributed by atoms with Crippen molar-refractivity contribution in [3.05, 3.63) is 60.0 Å². The molecule has 2 aliphatic rings. The van der Waals surface area contributed by atoms with Crippen molar-refractivity contribution in [1.82, 2.24) is 44.6 Å². The molecule has 4 heterocycles. The van der Waals surface area contributed by atoms with Crippen LogP contribution in [0.25, 0.3) is 22.4 Å². The third-order valence-corrected chi connectivity index (χ3v) is 8.62. The summed E-state index contributed by atoms with van der Waals surface area (Å²) in [6.07, 6.45) is 5.79. The fourth-order valence-electron chi connectivity index (χ4n) is 6.00. The number of aromatic nitrogens is 5. The lowest BCUT2D eigenvalue weighted by atomic mass is 10.1. The summed E-state index contributed by atoms with van der Waals surface area (Å²) in [6.45, 7) is 6.85. The normalized spacial score (nSPS) is 16.6. The number of fused-ring (bicyclic) bond motifs is 1. The fraction of sp³-hybridized carbons (Fsp3) is 0.469. The quantitative estimate of drug-likeness (QED) is 0.264. The summed E-state index contributed by atoms with van der Waals surface area (Å²) in [5.41, 5.74) is 13.9. The van der Waals surface area contributed by atoms with Gasteiger partial charge in [-0.25, -0.2) is 9.97 Å². The zero-order valence-corrected chi connectivity index (χ0v) is 26.0. The van der Waals surface area contributed by atoms with Crippen LogP contribution >= 0.6 is 0 Å². The van der Waals surface area contributed by atoms with Gasteiger partial charge in [-0.1, -0.05) is 43.2 Å². The van der Waals surface area contributed by atoms with E-state index < -0.39 is 0 Å². The average Bonchev–Trinajstić information content (AvgIpc) is 3.71. The molecule has 0 bridgehead atoms. The van der Waals surface area contributed by atoms with E-state index in [1.165, 1.54) is 5.56 Å². The van der Waals surface area contributed by atoms with Crippen LogP contribution in [0.5, 0.6) is 0 Å². The van der Waals surface area contributed by atoms with Crippen molar-refractivity contribution < 1.29 is 4.79 Å². The van der Waals surface area contributed by atoms with Gasteiger partial charge < -0.3 is 20.1 Å². The first-order chi connectivity index (χ1) is 21.3. The lowest BCUT2D eigenvalue weighted by Crippen LogP contribution is -2.49. The maximum Gasteiger partial charge on any atom is 0.288 e. The van der Waals surface area contributed by atoms with Gasteiger partial charge in [-0.3, -0.25) is 20.1 Å². The number of pyridine rings is 1. The number of nitrogen functional groups attached to an aromatic ring is 1. The van der Waals surface area contributed by atoms with E-state index in [2.05, 4.69) is 66.4 Å². The van der Waals surface area contributed by atoms with Crippen LogP contribution in [0.4, 0.5) is 11.8 Å². The number of nitrogens with two attached hydrogens (primary N) is 1. The molecule has 1 aliphatic heterocycles. The predicted octanol–water partition coefficient (Wildman–Crippen LogP) is 2.87. The lowest BCUT2D eigenvalue weighted by Gasteiger charge is -2.32. The topological polar surface area (TPSA) is 125 Å². The van der Waals surface area contributed by atoms with Gasteiger partial charge in [-0.2, -0.15) is 9.97 Å². The summed E-state index contributed by atoms with van der Waals surface area (Å²) in [4.78, 5) is 39.2. The molecule has 1 aromatic carbocycles. The van der Waals surface area contributed by atoms with Gasteiger partial charge in [0.05, 0.1) is 18.1 Å². The van der Waals surface area contributed by atoms with Gasteiger partial charge in [-0.15, -0.1) is 0 Å². The summed E-state index contributed by atoms with van der Waals surface area (Å²) >= 11 is 0. The van der Waals surface area contributed by atoms with Crippen molar-refractivity contribution in [2.45, 2.75) is 44.8 Å². The molecule has 232 valence electrons. The Morgan fingerprint density at radius 1 is 1.00 bits per heavy atom. The van der Waals surface area contributed by atoms with E-state index in [0.29, 0.717) is 29.2 Å². The van der Waals surface area contributed by atoms with Crippen LogP contribution in [0.15, 0.2) is 48.8 Å². The number of anilines is 2. The summed E-state index contributed by atoms with van der Waals surface area (Å²) in [5, 5.41) is 1.85. The molecule has 44 heavy (non-hydrogen) atoms. The highest BCUT2D eigenvalue weighted by Gasteiger charge is 2.29. The van der Waals surface area contributed by atoms with E-state index >= 15 is 0 Å². The van der Waals surface area contributed by atoms with E-state index in [4.69, 9.17) is 10.7 Å². The third kappa shape index (κ3) is 6.82. The van der Waals surface area contributed by atoms with Crippen LogP contribution in [-0.4, -0.2) is 105 Å². The molecular weight excluding hydrogens is 554 g/mol. The third-order valence-electron chi connectivity index (χ3n) is 8.62. The molecule has 12 heteroatoms. The first-order valence-corrected chi connectivity index (χ1v) is 15.5. The van der Waals surface area contributed by atoms with Crippen molar-refractivity contribution in [1.29, 1.82) is 0 Å². The van der Waals surface area contributed by atoms with Gasteiger partial charge >= 0.3 is 0 Å². The monoisotopic (exact) mass is 597 g/mol. The second-order valence-electron chi connectivity index (χ2n) is 12.3. The Hall–Kier alpha value is -4.13. The number of benzene rings is 1. The Bertz CT molecular complexity index is 1570. The zero-order chi connectivity index (χ0) is 30.6. The first-order valence-electron chi connectivity index (χ1n) is 15.5. The number of likely N-dealkylation sites (N-methyl/N-ethyl adjacent to an activating group) is 2. The molecule has 4 aromatic rings. The molecule has 1 saturated carbocycles. The Morgan fingerprint density at radius 2 is 1.75 bits per heavy atom. The molecule has 0 atom stereocenters. The molecule has 1 saturated heterocycles. The second kappa shape index (κ2) is 13.2. The number of hydrazine groups is 1. The predicted molar refractivity (Wildman–Crippen MR) is 173 cm³/mol. The number of carbonyl (C=O) groups excluding carboxylic acids is 1. The van der Waals surface area contributed by atoms with E-state index in [9.17, 15) is 4.79 Å². The van der Waals surface area contributed by atoms with Crippen LogP contribution in [0, 0.1) is 0 Å². The number of imidazole rings is 1. The maximum atomic E-state index is 13.7. The van der Waals surface area contributed by atoms with Crippen molar-refractivity contribution >= 4 is 28.8 Å². The Kier molecular flexibility index (Phi) is 9.01. The molecule has 1 amide bonds. The van der Waals surface area contributed by atoms with Gasteiger partial charge in [0.25, 0.3) is 5.91 Å². The van der Waals surface area contributed by atoms with Crippen LogP contribution in [0.1, 0.15) is 41.7 Å². The highest BCUT2D eigenvalue weighted by Crippen LogP contribution is 2.30. The van der Waals surface area contributed by atoms with Gasteiger partial charge in [0.15, 0.2) is 17.0 Å².